The molecule has 0 aromatic rings. The van der Waals surface area contributed by atoms with Gasteiger partial charge >= 0.3 is 0 Å². The van der Waals surface area contributed by atoms with E-state index in [1.807, 2.05) is 0 Å². The van der Waals surface area contributed by atoms with Crippen molar-refractivity contribution in [3.63, 3.8) is 0 Å². The van der Waals surface area contributed by atoms with E-state index in [-0.39, 0.29) is 0 Å². The largest absolute Gasteiger partial charge is 0.409 e. The second kappa shape index (κ2) is 6.09. The zero-order valence-corrected chi connectivity index (χ0v) is 12.3. The number of amidine groups is 1. The Kier molecular flexibility index (Phi) is 4.68. The van der Waals surface area contributed by atoms with E-state index in [0.717, 1.165) is 32.0 Å². The molecule has 0 aromatic heterocycles. The molecule has 1 aliphatic carbocycles. The zero-order chi connectivity index (χ0) is 13.9. The molecule has 0 radical (unpaired) electrons. The highest BCUT2D eigenvalue weighted by Gasteiger charge is 2.44. The van der Waals surface area contributed by atoms with Gasteiger partial charge in [0.05, 0.1) is 0 Å². The van der Waals surface area contributed by atoms with Gasteiger partial charge in [-0.2, -0.15) is 0 Å². The minimum absolute atomic E-state index is 0.302. The molecule has 5 heteroatoms. The summed E-state index contributed by atoms with van der Waals surface area (Å²) in [6.07, 6.45) is 3.18. The Morgan fingerprint density at radius 2 is 1.79 bits per heavy atom. The van der Waals surface area contributed by atoms with Crippen molar-refractivity contribution in [3.8, 4) is 0 Å². The van der Waals surface area contributed by atoms with Crippen molar-refractivity contribution >= 4 is 5.84 Å². The van der Waals surface area contributed by atoms with Gasteiger partial charge in [-0.25, -0.2) is 0 Å². The molecule has 5 nitrogen and oxygen atoms in total. The van der Waals surface area contributed by atoms with Gasteiger partial charge < -0.3 is 20.7 Å². The molecular formula is C14H28N4O. The van der Waals surface area contributed by atoms with E-state index in [1.54, 1.807) is 0 Å². The van der Waals surface area contributed by atoms with Crippen LogP contribution in [0.5, 0.6) is 0 Å². The van der Waals surface area contributed by atoms with E-state index in [9.17, 15) is 0 Å². The van der Waals surface area contributed by atoms with Gasteiger partial charge in [0.1, 0.15) is 5.84 Å². The first kappa shape index (κ1) is 14.6. The Labute approximate surface area is 116 Å². The topological polar surface area (TPSA) is 65.1 Å². The molecule has 1 saturated carbocycles. The first-order valence-electron chi connectivity index (χ1n) is 7.44. The molecule has 0 amide bonds. The fourth-order valence-corrected chi connectivity index (χ4v) is 3.11. The molecule has 1 heterocycles. The van der Waals surface area contributed by atoms with Crippen LogP contribution in [0.3, 0.4) is 0 Å². The third kappa shape index (κ3) is 4.35. The predicted molar refractivity (Wildman–Crippen MR) is 77.4 cm³/mol. The van der Waals surface area contributed by atoms with E-state index < -0.39 is 0 Å². The summed E-state index contributed by atoms with van der Waals surface area (Å²) < 4.78 is 0. The van der Waals surface area contributed by atoms with Crippen LogP contribution in [-0.2, 0) is 0 Å². The number of hydrogen-bond donors (Lipinski definition) is 2. The number of oxime groups is 1. The quantitative estimate of drug-likeness (QED) is 0.328. The molecule has 19 heavy (non-hydrogen) atoms. The van der Waals surface area contributed by atoms with Gasteiger partial charge in [-0.15, -0.1) is 0 Å². The van der Waals surface area contributed by atoms with Gasteiger partial charge in [-0.3, -0.25) is 0 Å². The zero-order valence-electron chi connectivity index (χ0n) is 12.3. The lowest BCUT2D eigenvalue weighted by molar-refractivity contribution is 0.106. The maximum atomic E-state index is 8.69. The standard InChI is InChI=1S/C14H28N4O/c1-12(2)10-17-5-7-18(8-6-17)11-14(3-4-14)9-13(15)16-19/h12,19H,3-11H2,1-2H3,(H2,15,16). The number of rotatable bonds is 6. The summed E-state index contributed by atoms with van der Waals surface area (Å²) in [6.45, 7) is 11.6. The van der Waals surface area contributed by atoms with Crippen LogP contribution < -0.4 is 5.73 Å². The number of piperazine rings is 1. The SMILES string of the molecule is CC(C)CN1CCN(CC2(CC(N)=NO)CC2)CC1. The van der Waals surface area contributed by atoms with Crippen molar-refractivity contribution in [3.05, 3.63) is 0 Å². The number of nitrogens with two attached hydrogens (primary N) is 1. The summed E-state index contributed by atoms with van der Waals surface area (Å²) in [5.74, 6) is 1.14. The maximum absolute atomic E-state index is 8.69. The van der Waals surface area contributed by atoms with Crippen LogP contribution in [0.25, 0.3) is 0 Å². The van der Waals surface area contributed by atoms with Gasteiger partial charge in [-0.05, 0) is 24.2 Å². The summed E-state index contributed by atoms with van der Waals surface area (Å²) in [7, 11) is 0. The molecule has 3 N–H and O–H groups in total. The van der Waals surface area contributed by atoms with Crippen molar-refractivity contribution in [2.75, 3.05) is 39.3 Å². The maximum Gasteiger partial charge on any atom is 0.139 e. The van der Waals surface area contributed by atoms with Gasteiger partial charge in [0.2, 0.25) is 0 Å². The normalized spacial score (nSPS) is 24.9. The monoisotopic (exact) mass is 268 g/mol. The lowest BCUT2D eigenvalue weighted by Gasteiger charge is -2.37. The van der Waals surface area contributed by atoms with Crippen LogP contribution >= 0.6 is 0 Å². The van der Waals surface area contributed by atoms with Gasteiger partial charge in [-0.1, -0.05) is 19.0 Å². The van der Waals surface area contributed by atoms with Gasteiger partial charge in [0.25, 0.3) is 0 Å². The Bertz CT molecular complexity index is 317. The molecule has 0 aromatic carbocycles. The van der Waals surface area contributed by atoms with Crippen LogP contribution in [0.4, 0.5) is 0 Å². The minimum Gasteiger partial charge on any atom is -0.409 e. The Morgan fingerprint density at radius 3 is 2.26 bits per heavy atom. The Balaban J connectivity index is 1.74. The molecule has 2 aliphatic rings. The van der Waals surface area contributed by atoms with E-state index in [1.165, 1.54) is 32.5 Å². The number of hydrogen-bond acceptors (Lipinski definition) is 4. The fourth-order valence-electron chi connectivity index (χ4n) is 3.11. The van der Waals surface area contributed by atoms with Crippen LogP contribution in [0.2, 0.25) is 0 Å². The van der Waals surface area contributed by atoms with Crippen molar-refractivity contribution in [1.82, 2.24) is 9.80 Å². The third-order valence-corrected chi connectivity index (χ3v) is 4.29. The average Bonchev–Trinajstić information content (AvgIpc) is 3.10. The molecule has 0 atom stereocenters. The lowest BCUT2D eigenvalue weighted by Crippen LogP contribution is -2.49. The predicted octanol–water partition coefficient (Wildman–Crippen LogP) is 1.18. The van der Waals surface area contributed by atoms with Crippen LogP contribution in [-0.4, -0.2) is 60.1 Å². The molecule has 0 bridgehead atoms. The number of nitrogens with zero attached hydrogens (tertiary/aromatic N) is 3. The van der Waals surface area contributed by atoms with Gasteiger partial charge in [0, 0.05) is 45.7 Å². The molecule has 1 saturated heterocycles. The molecule has 2 fully saturated rings. The summed E-state index contributed by atoms with van der Waals surface area (Å²) in [5.41, 5.74) is 5.96. The van der Waals surface area contributed by atoms with Crippen molar-refractivity contribution in [2.45, 2.75) is 33.1 Å². The smallest absolute Gasteiger partial charge is 0.139 e. The summed E-state index contributed by atoms with van der Waals surface area (Å²) in [4.78, 5) is 5.11. The highest BCUT2D eigenvalue weighted by Crippen LogP contribution is 2.49. The molecule has 110 valence electrons. The molecule has 0 spiro atoms. The summed E-state index contributed by atoms with van der Waals surface area (Å²) in [6, 6.07) is 0. The van der Waals surface area contributed by atoms with Crippen molar-refractivity contribution in [2.24, 2.45) is 22.2 Å². The average molecular weight is 268 g/mol. The molecule has 2 rings (SSSR count). The lowest BCUT2D eigenvalue weighted by atomic mass is 10.0. The Morgan fingerprint density at radius 1 is 1.21 bits per heavy atom. The van der Waals surface area contributed by atoms with Crippen LogP contribution in [0, 0.1) is 11.3 Å². The highest BCUT2D eigenvalue weighted by atomic mass is 16.4. The third-order valence-electron chi connectivity index (χ3n) is 4.29. The highest BCUT2D eigenvalue weighted by molar-refractivity contribution is 5.80. The second-order valence-corrected chi connectivity index (χ2v) is 6.74. The van der Waals surface area contributed by atoms with E-state index in [4.69, 9.17) is 10.9 Å². The van der Waals surface area contributed by atoms with E-state index in [0.29, 0.717) is 11.3 Å². The van der Waals surface area contributed by atoms with Crippen LogP contribution in [0.15, 0.2) is 5.16 Å². The second-order valence-electron chi connectivity index (χ2n) is 6.74. The fraction of sp³-hybridized carbons (Fsp3) is 0.929. The van der Waals surface area contributed by atoms with E-state index >= 15 is 0 Å². The first-order valence-corrected chi connectivity index (χ1v) is 7.44. The minimum atomic E-state index is 0.302. The van der Waals surface area contributed by atoms with Gasteiger partial charge in [0.15, 0.2) is 0 Å². The molecule has 0 unspecified atom stereocenters. The van der Waals surface area contributed by atoms with E-state index in [2.05, 4.69) is 28.8 Å². The van der Waals surface area contributed by atoms with Crippen molar-refractivity contribution < 1.29 is 5.21 Å². The van der Waals surface area contributed by atoms with Crippen molar-refractivity contribution in [1.29, 1.82) is 0 Å². The Hall–Kier alpha value is -0.810. The van der Waals surface area contributed by atoms with Crippen LogP contribution in [0.1, 0.15) is 33.1 Å². The first-order chi connectivity index (χ1) is 9.03. The molecular weight excluding hydrogens is 240 g/mol. The summed E-state index contributed by atoms with van der Waals surface area (Å²) in [5, 5.41) is 11.8. The molecule has 1 aliphatic heterocycles. The summed E-state index contributed by atoms with van der Waals surface area (Å²) >= 11 is 0.